The van der Waals surface area contributed by atoms with E-state index in [4.69, 9.17) is 16.3 Å². The van der Waals surface area contributed by atoms with Crippen molar-refractivity contribution in [3.8, 4) is 5.88 Å². The van der Waals surface area contributed by atoms with Gasteiger partial charge in [-0.2, -0.15) is 0 Å². The molecule has 1 aromatic heterocycles. The zero-order valence-electron chi connectivity index (χ0n) is 10.9. The number of nitro groups is 1. The SMILES string of the molecule is COc1ccc(NC(=O)c2cccc([N+](=O)[O-])c2Cl)cn1. The van der Waals surface area contributed by atoms with E-state index in [1.807, 2.05) is 0 Å². The number of nitrogens with zero attached hydrogens (tertiary/aromatic N) is 2. The number of ether oxygens (including phenoxy) is 1. The topological polar surface area (TPSA) is 94.4 Å². The van der Waals surface area contributed by atoms with Crippen molar-refractivity contribution in [1.82, 2.24) is 4.98 Å². The van der Waals surface area contributed by atoms with Crippen molar-refractivity contribution in [1.29, 1.82) is 0 Å². The molecule has 0 saturated heterocycles. The molecule has 0 aliphatic carbocycles. The highest BCUT2D eigenvalue weighted by Gasteiger charge is 2.19. The maximum atomic E-state index is 12.1. The van der Waals surface area contributed by atoms with Gasteiger partial charge in [0.25, 0.3) is 11.6 Å². The van der Waals surface area contributed by atoms with Crippen LogP contribution < -0.4 is 10.1 Å². The third-order valence-electron chi connectivity index (χ3n) is 2.62. The van der Waals surface area contributed by atoms with Crippen molar-refractivity contribution in [2.24, 2.45) is 0 Å². The lowest BCUT2D eigenvalue weighted by Gasteiger charge is -2.07. The minimum absolute atomic E-state index is 0.0154. The number of nitro benzene ring substituents is 1. The third-order valence-corrected chi connectivity index (χ3v) is 3.02. The Labute approximate surface area is 124 Å². The number of anilines is 1. The van der Waals surface area contributed by atoms with Crippen LogP contribution in [0.1, 0.15) is 10.4 Å². The molecule has 0 atom stereocenters. The molecule has 0 unspecified atom stereocenters. The molecule has 1 amide bonds. The molecule has 21 heavy (non-hydrogen) atoms. The molecular weight excluding hydrogens is 298 g/mol. The molecule has 0 spiro atoms. The Morgan fingerprint density at radius 3 is 2.71 bits per heavy atom. The van der Waals surface area contributed by atoms with Crippen molar-refractivity contribution in [3.63, 3.8) is 0 Å². The summed E-state index contributed by atoms with van der Waals surface area (Å²) in [5.74, 6) is -0.156. The molecule has 1 heterocycles. The van der Waals surface area contributed by atoms with Gasteiger partial charge in [0.2, 0.25) is 5.88 Å². The highest BCUT2D eigenvalue weighted by molar-refractivity contribution is 6.36. The average molecular weight is 308 g/mol. The molecule has 1 N–H and O–H groups in total. The van der Waals surface area contributed by atoms with Gasteiger partial charge in [-0.1, -0.05) is 17.7 Å². The molecule has 7 nitrogen and oxygen atoms in total. The van der Waals surface area contributed by atoms with Crippen molar-refractivity contribution < 1.29 is 14.5 Å². The van der Waals surface area contributed by atoms with E-state index in [0.717, 1.165) is 0 Å². The van der Waals surface area contributed by atoms with Gasteiger partial charge < -0.3 is 10.1 Å². The number of aromatic nitrogens is 1. The smallest absolute Gasteiger partial charge is 0.288 e. The second kappa shape index (κ2) is 6.19. The lowest BCUT2D eigenvalue weighted by atomic mass is 10.2. The molecule has 8 heteroatoms. The van der Waals surface area contributed by atoms with E-state index in [9.17, 15) is 14.9 Å². The highest BCUT2D eigenvalue weighted by atomic mass is 35.5. The number of rotatable bonds is 4. The number of carbonyl (C=O) groups excluding carboxylic acids is 1. The van der Waals surface area contributed by atoms with Crippen LogP contribution in [0.3, 0.4) is 0 Å². The number of amides is 1. The molecule has 0 aliphatic rings. The van der Waals surface area contributed by atoms with Gasteiger partial charge in [0.05, 0.1) is 29.5 Å². The van der Waals surface area contributed by atoms with Crippen LogP contribution >= 0.6 is 11.6 Å². The Balaban J connectivity index is 2.24. The molecule has 0 bridgehead atoms. The first-order valence-corrected chi connectivity index (χ1v) is 6.15. The number of pyridine rings is 1. The van der Waals surface area contributed by atoms with Gasteiger partial charge >= 0.3 is 0 Å². The zero-order chi connectivity index (χ0) is 15.4. The molecule has 2 aromatic rings. The first-order chi connectivity index (χ1) is 10.0. The number of hydrogen-bond acceptors (Lipinski definition) is 5. The summed E-state index contributed by atoms with van der Waals surface area (Å²) < 4.78 is 4.90. The Bertz CT molecular complexity index is 688. The Hall–Kier alpha value is -2.67. The molecule has 108 valence electrons. The molecule has 2 rings (SSSR count). The molecule has 1 aromatic carbocycles. The van der Waals surface area contributed by atoms with Crippen LogP contribution in [0.5, 0.6) is 5.88 Å². The summed E-state index contributed by atoms with van der Waals surface area (Å²) in [5, 5.41) is 13.1. The van der Waals surface area contributed by atoms with Crippen LogP contribution in [0, 0.1) is 10.1 Å². The highest BCUT2D eigenvalue weighted by Crippen LogP contribution is 2.28. The van der Waals surface area contributed by atoms with Crippen molar-refractivity contribution in [2.45, 2.75) is 0 Å². The standard InChI is InChI=1S/C13H10ClN3O4/c1-21-11-6-5-8(7-15-11)16-13(18)9-3-2-4-10(12(9)14)17(19)20/h2-7H,1H3,(H,16,18). The second-order valence-electron chi connectivity index (χ2n) is 3.94. The van der Waals surface area contributed by atoms with E-state index in [0.29, 0.717) is 11.6 Å². The first kappa shape index (κ1) is 14.7. The first-order valence-electron chi connectivity index (χ1n) is 5.77. The van der Waals surface area contributed by atoms with Gasteiger partial charge in [-0.3, -0.25) is 14.9 Å². The number of benzene rings is 1. The molecule has 0 radical (unpaired) electrons. The largest absolute Gasteiger partial charge is 0.481 e. The fourth-order valence-electron chi connectivity index (χ4n) is 1.61. The summed E-state index contributed by atoms with van der Waals surface area (Å²) in [5.41, 5.74) is 0.113. The van der Waals surface area contributed by atoms with Crippen LogP contribution in [0.4, 0.5) is 11.4 Å². The molecular formula is C13H10ClN3O4. The Kier molecular flexibility index (Phi) is 4.34. The van der Waals surface area contributed by atoms with Gasteiger partial charge in [0.15, 0.2) is 0 Å². The van der Waals surface area contributed by atoms with Crippen molar-refractivity contribution in [3.05, 3.63) is 57.2 Å². The van der Waals surface area contributed by atoms with Crippen LogP contribution in [0.25, 0.3) is 0 Å². The van der Waals surface area contributed by atoms with Crippen molar-refractivity contribution in [2.75, 3.05) is 12.4 Å². The molecule has 0 fully saturated rings. The van der Waals surface area contributed by atoms with E-state index in [1.165, 1.54) is 31.5 Å². The quantitative estimate of drug-likeness (QED) is 0.692. The van der Waals surface area contributed by atoms with Gasteiger partial charge in [0.1, 0.15) is 5.02 Å². The summed E-state index contributed by atoms with van der Waals surface area (Å²) in [6, 6.07) is 7.19. The lowest BCUT2D eigenvalue weighted by molar-refractivity contribution is -0.384. The third kappa shape index (κ3) is 3.26. The summed E-state index contributed by atoms with van der Waals surface area (Å²) in [6.07, 6.45) is 1.40. The number of methoxy groups -OCH3 is 1. The summed E-state index contributed by atoms with van der Waals surface area (Å²) in [7, 11) is 1.48. The van der Waals surface area contributed by atoms with E-state index in [-0.39, 0.29) is 16.3 Å². The summed E-state index contributed by atoms with van der Waals surface area (Å²) >= 11 is 5.87. The molecule has 0 aliphatic heterocycles. The Morgan fingerprint density at radius 2 is 2.14 bits per heavy atom. The molecule has 0 saturated carbocycles. The average Bonchev–Trinajstić information content (AvgIpc) is 2.47. The predicted octanol–water partition coefficient (Wildman–Crippen LogP) is 2.90. The van der Waals surface area contributed by atoms with E-state index in [1.54, 1.807) is 12.1 Å². The number of carbonyl (C=O) groups is 1. The Morgan fingerprint density at radius 1 is 1.38 bits per heavy atom. The maximum absolute atomic E-state index is 12.1. The predicted molar refractivity (Wildman–Crippen MR) is 76.8 cm³/mol. The summed E-state index contributed by atoms with van der Waals surface area (Å²) in [6.45, 7) is 0. The van der Waals surface area contributed by atoms with Gasteiger partial charge in [-0.15, -0.1) is 0 Å². The minimum atomic E-state index is -0.645. The minimum Gasteiger partial charge on any atom is -0.481 e. The normalized spacial score (nSPS) is 10.0. The van der Waals surface area contributed by atoms with Crippen LogP contribution in [0.2, 0.25) is 5.02 Å². The maximum Gasteiger partial charge on any atom is 0.288 e. The number of halogens is 1. The lowest BCUT2D eigenvalue weighted by Crippen LogP contribution is -2.13. The fraction of sp³-hybridized carbons (Fsp3) is 0.0769. The van der Waals surface area contributed by atoms with Crippen LogP contribution in [-0.4, -0.2) is 22.9 Å². The van der Waals surface area contributed by atoms with Gasteiger partial charge in [0, 0.05) is 12.1 Å². The van der Waals surface area contributed by atoms with Gasteiger partial charge in [-0.25, -0.2) is 4.98 Å². The summed E-state index contributed by atoms with van der Waals surface area (Å²) in [4.78, 5) is 26.2. The van der Waals surface area contributed by atoms with E-state index >= 15 is 0 Å². The zero-order valence-corrected chi connectivity index (χ0v) is 11.6. The number of hydrogen-bond donors (Lipinski definition) is 1. The van der Waals surface area contributed by atoms with Crippen LogP contribution in [0.15, 0.2) is 36.5 Å². The monoisotopic (exact) mass is 307 g/mol. The van der Waals surface area contributed by atoms with E-state index in [2.05, 4.69) is 10.3 Å². The van der Waals surface area contributed by atoms with Crippen molar-refractivity contribution >= 4 is 28.9 Å². The van der Waals surface area contributed by atoms with Crippen LogP contribution in [-0.2, 0) is 0 Å². The second-order valence-corrected chi connectivity index (χ2v) is 4.32. The van der Waals surface area contributed by atoms with E-state index < -0.39 is 10.8 Å². The number of nitrogens with one attached hydrogen (secondary N) is 1. The van der Waals surface area contributed by atoms with Gasteiger partial charge in [-0.05, 0) is 12.1 Å². The fourth-order valence-corrected chi connectivity index (χ4v) is 1.89.